The third-order valence-corrected chi connectivity index (χ3v) is 6.66. The monoisotopic (exact) mass is 425 g/mol. The van der Waals surface area contributed by atoms with E-state index >= 15 is 0 Å². The van der Waals surface area contributed by atoms with E-state index in [4.69, 9.17) is 9.47 Å². The normalized spacial score (nSPS) is 22.1. The van der Waals surface area contributed by atoms with Crippen molar-refractivity contribution >= 4 is 5.91 Å². The minimum absolute atomic E-state index is 0.0781. The zero-order chi connectivity index (χ0) is 22.0. The van der Waals surface area contributed by atoms with Crippen LogP contribution in [0.3, 0.4) is 0 Å². The van der Waals surface area contributed by atoms with Gasteiger partial charge in [-0.2, -0.15) is 0 Å². The Balaban J connectivity index is 1.59. The van der Waals surface area contributed by atoms with Gasteiger partial charge in [0.15, 0.2) is 11.5 Å². The third-order valence-electron chi connectivity index (χ3n) is 6.66. The number of amides is 1. The fourth-order valence-electron chi connectivity index (χ4n) is 4.77. The Kier molecular flexibility index (Phi) is 6.28. The summed E-state index contributed by atoms with van der Waals surface area (Å²) in [5, 5.41) is 0. The smallest absolute Gasteiger partial charge is 0.258 e. The van der Waals surface area contributed by atoms with Crippen molar-refractivity contribution in [3.05, 3.63) is 71.2 Å². The number of nitrogens with zero attached hydrogens (tertiary/aromatic N) is 1. The maximum atomic E-state index is 13.4. The quantitative estimate of drug-likeness (QED) is 0.742. The lowest BCUT2D eigenvalue weighted by atomic mass is 10.0. The Labute approximate surface area is 183 Å². The molecule has 0 spiro atoms. The van der Waals surface area contributed by atoms with E-state index < -0.39 is 0 Å². The maximum Gasteiger partial charge on any atom is 0.258 e. The summed E-state index contributed by atoms with van der Waals surface area (Å²) in [6.07, 6.45) is 6.19. The minimum Gasteiger partial charge on any atom is -0.493 e. The van der Waals surface area contributed by atoms with Crippen LogP contribution in [-0.2, 0) is 6.42 Å². The van der Waals surface area contributed by atoms with E-state index in [0.29, 0.717) is 42.1 Å². The van der Waals surface area contributed by atoms with Gasteiger partial charge in [0.1, 0.15) is 11.9 Å². The van der Waals surface area contributed by atoms with Gasteiger partial charge in [0.25, 0.3) is 5.91 Å². The summed E-state index contributed by atoms with van der Waals surface area (Å²) in [4.78, 5) is 16.9. The number of benzene rings is 2. The summed E-state index contributed by atoms with van der Waals surface area (Å²) in [6.45, 7) is 0.552. The molecule has 0 aromatic heterocycles. The molecule has 31 heavy (non-hydrogen) atoms. The summed E-state index contributed by atoms with van der Waals surface area (Å²) in [5.41, 5.74) is 2.66. The van der Waals surface area contributed by atoms with Crippen molar-refractivity contribution in [3.8, 4) is 11.5 Å². The van der Waals surface area contributed by atoms with Crippen molar-refractivity contribution in [1.82, 2.24) is 4.90 Å². The van der Waals surface area contributed by atoms with E-state index in [1.54, 1.807) is 26.4 Å². The lowest BCUT2D eigenvalue weighted by Crippen LogP contribution is -3.14. The van der Waals surface area contributed by atoms with Crippen LogP contribution in [0.15, 0.2) is 54.2 Å². The largest absolute Gasteiger partial charge is 0.493 e. The zero-order valence-corrected chi connectivity index (χ0v) is 18.4. The molecule has 2 aromatic carbocycles. The zero-order valence-electron chi connectivity index (χ0n) is 18.4. The van der Waals surface area contributed by atoms with Crippen LogP contribution in [0.4, 0.5) is 4.39 Å². The third kappa shape index (κ3) is 4.44. The molecular weight excluding hydrogens is 395 g/mol. The number of hydrogen-bond donors (Lipinski definition) is 1. The second-order valence-electron chi connectivity index (χ2n) is 8.39. The van der Waals surface area contributed by atoms with Crippen molar-refractivity contribution in [2.45, 2.75) is 37.8 Å². The number of quaternary nitrogens is 1. The molecule has 5 nitrogen and oxygen atoms in total. The van der Waals surface area contributed by atoms with E-state index in [0.717, 1.165) is 24.1 Å². The van der Waals surface area contributed by atoms with Crippen molar-refractivity contribution < 1.29 is 23.6 Å². The molecule has 6 heteroatoms. The van der Waals surface area contributed by atoms with Crippen LogP contribution in [0.5, 0.6) is 11.5 Å². The van der Waals surface area contributed by atoms with Gasteiger partial charge in [0.05, 0.1) is 27.3 Å². The molecule has 1 fully saturated rings. The van der Waals surface area contributed by atoms with Gasteiger partial charge in [0.2, 0.25) is 0 Å². The first-order valence-corrected chi connectivity index (χ1v) is 10.8. The number of halogens is 1. The summed E-state index contributed by atoms with van der Waals surface area (Å²) >= 11 is 0. The van der Waals surface area contributed by atoms with Gasteiger partial charge in [-0.1, -0.05) is 6.07 Å². The molecule has 2 aromatic rings. The first kappa shape index (κ1) is 21.4. The van der Waals surface area contributed by atoms with E-state index in [2.05, 4.69) is 13.1 Å². The molecule has 3 atom stereocenters. The van der Waals surface area contributed by atoms with Crippen LogP contribution in [0.25, 0.3) is 0 Å². The van der Waals surface area contributed by atoms with Crippen LogP contribution in [0.1, 0.15) is 35.2 Å². The number of methoxy groups -OCH3 is 2. The highest BCUT2D eigenvalue weighted by Gasteiger charge is 2.40. The minimum atomic E-state index is -0.339. The Bertz CT molecular complexity index is 973. The van der Waals surface area contributed by atoms with Crippen LogP contribution in [0, 0.1) is 5.82 Å². The van der Waals surface area contributed by atoms with Crippen molar-refractivity contribution in [3.63, 3.8) is 0 Å². The molecule has 0 saturated carbocycles. The molecule has 2 aliphatic heterocycles. The second kappa shape index (κ2) is 9.10. The summed E-state index contributed by atoms with van der Waals surface area (Å²) in [7, 11) is 5.47. The molecule has 0 aliphatic carbocycles. The topological polar surface area (TPSA) is 43.2 Å². The van der Waals surface area contributed by atoms with Crippen molar-refractivity contribution in [1.29, 1.82) is 0 Å². The number of nitrogens with one attached hydrogen (secondary N) is 1. The summed E-state index contributed by atoms with van der Waals surface area (Å²) < 4.78 is 24.1. The highest BCUT2D eigenvalue weighted by Crippen LogP contribution is 2.29. The molecule has 0 radical (unpaired) electrons. The average Bonchev–Trinajstić information content (AvgIpc) is 2.99. The second-order valence-corrected chi connectivity index (χ2v) is 8.39. The predicted molar refractivity (Wildman–Crippen MR) is 117 cm³/mol. The highest BCUT2D eigenvalue weighted by atomic mass is 19.1. The van der Waals surface area contributed by atoms with E-state index in [9.17, 15) is 9.18 Å². The molecule has 4 rings (SSSR count). The standard InChI is InChI=1S/C25H29FN2O3/c1-27-20-9-10-21(27)16-22(15-20)28(25(29)18-5-7-19(26)8-6-18)13-12-17-4-11-23(30-2)24(14-17)31-3/h4-8,11,14-15,20-21H,9-10,12-13,16H2,1-3H3/p+1/t20-,21+/m1/s1. The maximum absolute atomic E-state index is 13.4. The summed E-state index contributed by atoms with van der Waals surface area (Å²) in [6, 6.07) is 12.7. The van der Waals surface area contributed by atoms with Gasteiger partial charge < -0.3 is 19.3 Å². The average molecular weight is 426 g/mol. The van der Waals surface area contributed by atoms with Crippen LogP contribution < -0.4 is 14.4 Å². The summed E-state index contributed by atoms with van der Waals surface area (Å²) in [5.74, 6) is 0.943. The first-order valence-electron chi connectivity index (χ1n) is 10.8. The molecule has 1 amide bonds. The van der Waals surface area contributed by atoms with E-state index in [-0.39, 0.29) is 11.7 Å². The Morgan fingerprint density at radius 2 is 1.84 bits per heavy atom. The predicted octanol–water partition coefficient (Wildman–Crippen LogP) is 2.86. The molecule has 2 heterocycles. The molecule has 2 aliphatic rings. The van der Waals surface area contributed by atoms with Gasteiger partial charge >= 0.3 is 0 Å². The Morgan fingerprint density at radius 1 is 1.10 bits per heavy atom. The highest BCUT2D eigenvalue weighted by molar-refractivity contribution is 5.95. The number of ether oxygens (including phenoxy) is 2. The molecule has 164 valence electrons. The lowest BCUT2D eigenvalue weighted by molar-refractivity contribution is -0.912. The number of carbonyl (C=O) groups excluding carboxylic acids is 1. The number of likely N-dealkylation sites (N-methyl/N-ethyl adjacent to an activating group) is 1. The molecule has 1 saturated heterocycles. The molecule has 2 bridgehead atoms. The van der Waals surface area contributed by atoms with Crippen LogP contribution in [-0.4, -0.2) is 50.7 Å². The first-order chi connectivity index (χ1) is 15.0. The SMILES string of the molecule is COc1ccc(CCN(C(=O)c2ccc(F)cc2)C2=C[C@H]3CC[C@@H](C2)[NH+]3C)cc1OC. The number of fused-ring (bicyclic) bond motifs is 2. The van der Waals surface area contributed by atoms with Gasteiger partial charge in [0, 0.05) is 37.1 Å². The molecular formula is C25H30FN2O3+. The van der Waals surface area contributed by atoms with Gasteiger partial charge in [-0.15, -0.1) is 0 Å². The number of carbonyl (C=O) groups is 1. The molecule has 1 N–H and O–H groups in total. The van der Waals surface area contributed by atoms with Gasteiger partial charge in [-0.05, 0) is 54.5 Å². The fraction of sp³-hybridized carbons (Fsp3) is 0.400. The Hall–Kier alpha value is -2.86. The van der Waals surface area contributed by atoms with E-state index in [1.807, 2.05) is 23.1 Å². The Morgan fingerprint density at radius 3 is 2.52 bits per heavy atom. The number of rotatable bonds is 7. The molecule has 1 unspecified atom stereocenters. The fourth-order valence-corrected chi connectivity index (χ4v) is 4.77. The van der Waals surface area contributed by atoms with Gasteiger partial charge in [-0.25, -0.2) is 4.39 Å². The van der Waals surface area contributed by atoms with Crippen molar-refractivity contribution in [2.24, 2.45) is 0 Å². The van der Waals surface area contributed by atoms with E-state index in [1.165, 1.54) is 23.5 Å². The van der Waals surface area contributed by atoms with Gasteiger partial charge in [-0.3, -0.25) is 4.79 Å². The van der Waals surface area contributed by atoms with Crippen LogP contribution in [0.2, 0.25) is 0 Å². The van der Waals surface area contributed by atoms with Crippen LogP contribution >= 0.6 is 0 Å². The lowest BCUT2D eigenvalue weighted by Gasteiger charge is -2.33. The van der Waals surface area contributed by atoms with Crippen molar-refractivity contribution in [2.75, 3.05) is 27.8 Å². The number of hydrogen-bond acceptors (Lipinski definition) is 3.